The number of nitrogens with zero attached hydrogens (tertiary/aromatic N) is 1. The summed E-state index contributed by atoms with van der Waals surface area (Å²) >= 11 is 0. The van der Waals surface area contributed by atoms with Gasteiger partial charge in [0.15, 0.2) is 0 Å². The minimum atomic E-state index is -2.95. The van der Waals surface area contributed by atoms with Gasteiger partial charge in [-0.15, -0.1) is 0 Å². The molecule has 1 aliphatic rings. The van der Waals surface area contributed by atoms with Crippen LogP contribution in [0.1, 0.15) is 0 Å². The van der Waals surface area contributed by atoms with Gasteiger partial charge in [-0.1, -0.05) is 0 Å². The van der Waals surface area contributed by atoms with Crippen LogP contribution in [0.3, 0.4) is 0 Å². The first-order valence-electron chi connectivity index (χ1n) is 3.49. The Morgan fingerprint density at radius 3 is 2.67 bits per heavy atom. The van der Waals surface area contributed by atoms with Crippen molar-refractivity contribution in [3.8, 4) is 0 Å². The van der Waals surface area contributed by atoms with Gasteiger partial charge in [-0.05, 0) is 0 Å². The Balaban J connectivity index is 2.68. The van der Waals surface area contributed by atoms with E-state index in [0.29, 0.717) is 4.90 Å². The third kappa shape index (κ3) is 1.47. The van der Waals surface area contributed by atoms with Crippen molar-refractivity contribution in [2.75, 3.05) is 20.1 Å². The summed E-state index contributed by atoms with van der Waals surface area (Å²) in [5.74, 6) is -2.95. The molecule has 1 atom stereocenters. The molecule has 12 heavy (non-hydrogen) atoms. The third-order valence-electron chi connectivity index (χ3n) is 1.96. The number of carbonyl (C=O) groups is 1. The van der Waals surface area contributed by atoms with Gasteiger partial charge < -0.3 is 15.3 Å². The maximum Gasteiger partial charge on any atom is 0.407 e. The fraction of sp³-hybridized carbons (Fsp3) is 0.833. The van der Waals surface area contributed by atoms with Crippen LogP contribution in [0, 0.1) is 0 Å². The Bertz CT molecular complexity index is 198. The van der Waals surface area contributed by atoms with E-state index in [4.69, 9.17) is 5.11 Å². The van der Waals surface area contributed by atoms with Gasteiger partial charge in [0, 0.05) is 13.6 Å². The monoisotopic (exact) mass is 180 g/mol. The minimum Gasteiger partial charge on any atom is -0.465 e. The van der Waals surface area contributed by atoms with Gasteiger partial charge in [0.1, 0.15) is 6.04 Å². The fourth-order valence-corrected chi connectivity index (χ4v) is 1.20. The van der Waals surface area contributed by atoms with Crippen LogP contribution in [-0.4, -0.2) is 48.2 Å². The molecule has 0 spiro atoms. The molecule has 1 saturated heterocycles. The van der Waals surface area contributed by atoms with E-state index in [2.05, 4.69) is 5.32 Å². The minimum absolute atomic E-state index is 0.00972. The highest BCUT2D eigenvalue weighted by atomic mass is 19.3. The van der Waals surface area contributed by atoms with Crippen molar-refractivity contribution in [2.45, 2.75) is 12.0 Å². The topological polar surface area (TPSA) is 52.6 Å². The number of likely N-dealkylation sites (N-methyl/N-ethyl adjacent to an activating group) is 1. The number of carboxylic acid groups (broad SMARTS) is 1. The first-order valence-corrected chi connectivity index (χ1v) is 3.49. The smallest absolute Gasteiger partial charge is 0.407 e. The number of alkyl halides is 2. The number of nitrogens with one attached hydrogen (secondary N) is 1. The molecule has 0 bridgehead atoms. The zero-order valence-electron chi connectivity index (χ0n) is 6.55. The lowest BCUT2D eigenvalue weighted by molar-refractivity contribution is -0.0354. The SMILES string of the molecule is CN(C(=O)O)C1CNCC1(F)F. The number of rotatable bonds is 1. The van der Waals surface area contributed by atoms with Crippen molar-refractivity contribution in [3.63, 3.8) is 0 Å². The highest BCUT2D eigenvalue weighted by molar-refractivity contribution is 5.65. The van der Waals surface area contributed by atoms with E-state index in [9.17, 15) is 13.6 Å². The highest BCUT2D eigenvalue weighted by Crippen LogP contribution is 2.25. The van der Waals surface area contributed by atoms with Gasteiger partial charge in [0.25, 0.3) is 5.92 Å². The number of hydrogen-bond acceptors (Lipinski definition) is 2. The molecule has 0 aromatic heterocycles. The van der Waals surface area contributed by atoms with Crippen LogP contribution >= 0.6 is 0 Å². The Morgan fingerprint density at radius 1 is 1.75 bits per heavy atom. The Morgan fingerprint density at radius 2 is 2.33 bits per heavy atom. The van der Waals surface area contributed by atoms with E-state index in [1.54, 1.807) is 0 Å². The third-order valence-corrected chi connectivity index (χ3v) is 1.96. The van der Waals surface area contributed by atoms with Crippen LogP contribution in [0.4, 0.5) is 13.6 Å². The van der Waals surface area contributed by atoms with Crippen LogP contribution in [0.5, 0.6) is 0 Å². The second kappa shape index (κ2) is 2.85. The molecule has 1 unspecified atom stereocenters. The number of hydrogen-bond donors (Lipinski definition) is 2. The molecule has 2 N–H and O–H groups in total. The van der Waals surface area contributed by atoms with E-state index >= 15 is 0 Å². The zero-order chi connectivity index (χ0) is 9.35. The average Bonchev–Trinajstić information content (AvgIpc) is 2.27. The molecule has 0 radical (unpaired) electrons. The van der Waals surface area contributed by atoms with Gasteiger partial charge in [0.05, 0.1) is 6.54 Å². The molecular weight excluding hydrogens is 170 g/mol. The summed E-state index contributed by atoms with van der Waals surface area (Å²) < 4.78 is 25.7. The van der Waals surface area contributed by atoms with Crippen molar-refractivity contribution in [3.05, 3.63) is 0 Å². The molecular formula is C6H10F2N2O2. The summed E-state index contributed by atoms with van der Waals surface area (Å²) in [5.41, 5.74) is 0. The fourth-order valence-electron chi connectivity index (χ4n) is 1.20. The predicted molar refractivity (Wildman–Crippen MR) is 37.4 cm³/mol. The largest absolute Gasteiger partial charge is 0.465 e. The molecule has 0 aromatic carbocycles. The van der Waals surface area contributed by atoms with Gasteiger partial charge >= 0.3 is 6.09 Å². The number of amides is 1. The quantitative estimate of drug-likeness (QED) is 0.606. The molecule has 1 rings (SSSR count). The predicted octanol–water partition coefficient (Wildman–Crippen LogP) is 0.203. The second-order valence-electron chi connectivity index (χ2n) is 2.80. The number of halogens is 2. The molecule has 0 saturated carbocycles. The first kappa shape index (κ1) is 9.18. The van der Waals surface area contributed by atoms with Gasteiger partial charge in [-0.25, -0.2) is 13.6 Å². The molecule has 70 valence electrons. The van der Waals surface area contributed by atoms with E-state index in [0.717, 1.165) is 7.05 Å². The first-order chi connectivity index (χ1) is 5.45. The van der Waals surface area contributed by atoms with E-state index in [1.165, 1.54) is 0 Å². The van der Waals surface area contributed by atoms with Crippen LogP contribution in [-0.2, 0) is 0 Å². The molecule has 4 nitrogen and oxygen atoms in total. The molecule has 1 heterocycles. The lowest BCUT2D eigenvalue weighted by Gasteiger charge is -2.25. The van der Waals surface area contributed by atoms with E-state index in [1.807, 2.05) is 0 Å². The molecule has 1 amide bonds. The van der Waals surface area contributed by atoms with Crippen molar-refractivity contribution < 1.29 is 18.7 Å². The Labute approximate surface area is 68.2 Å². The van der Waals surface area contributed by atoms with Gasteiger partial charge in [-0.2, -0.15) is 0 Å². The van der Waals surface area contributed by atoms with Gasteiger partial charge in [-0.3, -0.25) is 0 Å². The molecule has 0 aliphatic carbocycles. The zero-order valence-corrected chi connectivity index (χ0v) is 6.55. The maximum atomic E-state index is 12.9. The lowest BCUT2D eigenvalue weighted by atomic mass is 10.2. The summed E-state index contributed by atoms with van der Waals surface area (Å²) in [4.78, 5) is 11.0. The van der Waals surface area contributed by atoms with Crippen LogP contribution in [0.2, 0.25) is 0 Å². The van der Waals surface area contributed by atoms with Crippen LogP contribution in [0.15, 0.2) is 0 Å². The summed E-state index contributed by atoms with van der Waals surface area (Å²) in [6.45, 7) is -0.439. The van der Waals surface area contributed by atoms with Gasteiger partial charge in [0.2, 0.25) is 0 Å². The molecule has 0 aromatic rings. The summed E-state index contributed by atoms with van der Waals surface area (Å²) in [7, 11) is 1.15. The standard InChI is InChI=1S/C6H10F2N2O2/c1-10(5(11)12)4-2-9-3-6(4,7)8/h4,9H,2-3H2,1H3,(H,11,12). The van der Waals surface area contributed by atoms with Crippen molar-refractivity contribution in [1.29, 1.82) is 0 Å². The molecule has 6 heteroatoms. The molecule has 1 fully saturated rings. The molecule has 1 aliphatic heterocycles. The maximum absolute atomic E-state index is 12.9. The van der Waals surface area contributed by atoms with Crippen molar-refractivity contribution >= 4 is 6.09 Å². The normalized spacial score (nSPS) is 27.1. The summed E-state index contributed by atoms with van der Waals surface area (Å²) in [6, 6.07) is -1.24. The summed E-state index contributed by atoms with van der Waals surface area (Å²) in [5, 5.41) is 10.9. The Kier molecular flexibility index (Phi) is 2.18. The van der Waals surface area contributed by atoms with Crippen molar-refractivity contribution in [1.82, 2.24) is 10.2 Å². The summed E-state index contributed by atoms with van der Waals surface area (Å²) in [6.07, 6.45) is -1.33. The van der Waals surface area contributed by atoms with E-state index < -0.39 is 24.6 Å². The van der Waals surface area contributed by atoms with E-state index in [-0.39, 0.29) is 6.54 Å². The lowest BCUT2D eigenvalue weighted by Crippen LogP contribution is -2.47. The average molecular weight is 180 g/mol. The van der Waals surface area contributed by atoms with Crippen LogP contribution < -0.4 is 5.32 Å². The van der Waals surface area contributed by atoms with Crippen LogP contribution in [0.25, 0.3) is 0 Å². The second-order valence-corrected chi connectivity index (χ2v) is 2.80. The van der Waals surface area contributed by atoms with Crippen molar-refractivity contribution in [2.24, 2.45) is 0 Å². The highest BCUT2D eigenvalue weighted by Gasteiger charge is 2.47. The Hall–Kier alpha value is -0.910.